The fraction of sp³-hybridized carbons (Fsp3) is 0.143. The van der Waals surface area contributed by atoms with E-state index in [1.54, 1.807) is 17.4 Å². The molecule has 3 heteroatoms. The van der Waals surface area contributed by atoms with Crippen LogP contribution in [0.25, 0.3) is 16.5 Å². The van der Waals surface area contributed by atoms with Gasteiger partial charge in [0, 0.05) is 9.75 Å². The van der Waals surface area contributed by atoms with Gasteiger partial charge in [-0.05, 0) is 37.1 Å². The molecule has 2 rings (SSSR count). The van der Waals surface area contributed by atoms with Crippen molar-refractivity contribution in [3.8, 4) is 10.4 Å². The Balaban J connectivity index is 2.46. The first-order valence-corrected chi connectivity index (χ1v) is 6.83. The van der Waals surface area contributed by atoms with Gasteiger partial charge in [0.1, 0.15) is 4.49 Å². The summed E-state index contributed by atoms with van der Waals surface area (Å²) in [7, 11) is 0. The van der Waals surface area contributed by atoms with E-state index in [4.69, 9.17) is 23.2 Å². The molecule has 88 valence electrons. The zero-order chi connectivity index (χ0) is 12.4. The van der Waals surface area contributed by atoms with Gasteiger partial charge in [0.05, 0.1) is 0 Å². The summed E-state index contributed by atoms with van der Waals surface area (Å²) < 4.78 is 0.294. The Morgan fingerprint density at radius 1 is 1.18 bits per heavy atom. The number of benzene rings is 1. The molecule has 1 aromatic heterocycles. The monoisotopic (exact) mass is 282 g/mol. The van der Waals surface area contributed by atoms with E-state index in [0.717, 1.165) is 4.88 Å². The van der Waals surface area contributed by atoms with Crippen LogP contribution in [0, 0.1) is 13.8 Å². The SMILES string of the molecule is Cc1cccc(-c2sc(C=C(Cl)Cl)cc2C)c1. The van der Waals surface area contributed by atoms with Crippen LogP contribution >= 0.6 is 34.5 Å². The predicted octanol–water partition coefficient (Wildman–Crippen LogP) is 5.81. The highest BCUT2D eigenvalue weighted by Gasteiger charge is 2.07. The second kappa shape index (κ2) is 5.26. The van der Waals surface area contributed by atoms with Crippen molar-refractivity contribution in [1.82, 2.24) is 0 Å². The molecule has 0 N–H and O–H groups in total. The quantitative estimate of drug-likeness (QED) is 0.652. The lowest BCUT2D eigenvalue weighted by Gasteiger charge is -2.00. The van der Waals surface area contributed by atoms with E-state index in [1.807, 2.05) is 0 Å². The van der Waals surface area contributed by atoms with Crippen molar-refractivity contribution in [3.05, 3.63) is 50.8 Å². The van der Waals surface area contributed by atoms with Crippen LogP contribution < -0.4 is 0 Å². The Labute approximate surface area is 116 Å². The molecular formula is C14H12Cl2S. The van der Waals surface area contributed by atoms with E-state index in [1.165, 1.54) is 21.6 Å². The number of hydrogen-bond donors (Lipinski definition) is 0. The van der Waals surface area contributed by atoms with E-state index in [2.05, 4.69) is 44.2 Å². The molecule has 0 saturated carbocycles. The molecular weight excluding hydrogens is 271 g/mol. The van der Waals surface area contributed by atoms with E-state index in [9.17, 15) is 0 Å². The Morgan fingerprint density at radius 3 is 2.59 bits per heavy atom. The zero-order valence-corrected chi connectivity index (χ0v) is 12.0. The maximum atomic E-state index is 5.68. The maximum absolute atomic E-state index is 5.68. The summed E-state index contributed by atoms with van der Waals surface area (Å²) in [5, 5.41) is 0. The van der Waals surface area contributed by atoms with Crippen LogP contribution in [0.4, 0.5) is 0 Å². The van der Waals surface area contributed by atoms with E-state index in [0.29, 0.717) is 4.49 Å². The molecule has 0 atom stereocenters. The number of thiophene rings is 1. The van der Waals surface area contributed by atoms with Crippen LogP contribution in [0.15, 0.2) is 34.8 Å². The molecule has 1 heterocycles. The van der Waals surface area contributed by atoms with Gasteiger partial charge in [-0.15, -0.1) is 11.3 Å². The fourth-order valence-electron chi connectivity index (χ4n) is 1.76. The fourth-order valence-corrected chi connectivity index (χ4v) is 3.24. The van der Waals surface area contributed by atoms with E-state index < -0.39 is 0 Å². The summed E-state index contributed by atoms with van der Waals surface area (Å²) in [6, 6.07) is 10.6. The van der Waals surface area contributed by atoms with Crippen LogP contribution in [-0.2, 0) is 0 Å². The third-order valence-electron chi connectivity index (χ3n) is 2.47. The van der Waals surface area contributed by atoms with Gasteiger partial charge >= 0.3 is 0 Å². The predicted molar refractivity (Wildman–Crippen MR) is 78.9 cm³/mol. The van der Waals surface area contributed by atoms with Gasteiger partial charge in [-0.1, -0.05) is 53.0 Å². The molecule has 0 fully saturated rings. The largest absolute Gasteiger partial charge is 0.135 e. The minimum Gasteiger partial charge on any atom is -0.135 e. The van der Waals surface area contributed by atoms with Crippen LogP contribution in [0.2, 0.25) is 0 Å². The van der Waals surface area contributed by atoms with Crippen molar-refractivity contribution in [2.24, 2.45) is 0 Å². The molecule has 0 aliphatic rings. The average molecular weight is 283 g/mol. The third-order valence-corrected chi connectivity index (χ3v) is 3.92. The molecule has 0 aliphatic carbocycles. The van der Waals surface area contributed by atoms with Gasteiger partial charge in [0.15, 0.2) is 0 Å². The molecule has 0 amide bonds. The Morgan fingerprint density at radius 2 is 1.94 bits per heavy atom. The standard InChI is InChI=1S/C14H12Cl2S/c1-9-4-3-5-11(6-9)14-10(2)7-12(17-14)8-13(15)16/h3-8H,1-2H3. The summed E-state index contributed by atoms with van der Waals surface area (Å²) in [6.45, 7) is 4.20. The van der Waals surface area contributed by atoms with Crippen molar-refractivity contribution in [2.75, 3.05) is 0 Å². The molecule has 17 heavy (non-hydrogen) atoms. The number of hydrogen-bond acceptors (Lipinski definition) is 1. The average Bonchev–Trinajstić information content (AvgIpc) is 2.58. The molecule has 0 radical (unpaired) electrons. The van der Waals surface area contributed by atoms with Gasteiger partial charge in [0.25, 0.3) is 0 Å². The summed E-state index contributed by atoms with van der Waals surface area (Å²) in [5.41, 5.74) is 3.77. The van der Waals surface area contributed by atoms with Gasteiger partial charge in [0.2, 0.25) is 0 Å². The summed E-state index contributed by atoms with van der Waals surface area (Å²) in [4.78, 5) is 2.36. The lowest BCUT2D eigenvalue weighted by molar-refractivity contribution is 1.46. The first-order chi connectivity index (χ1) is 8.06. The van der Waals surface area contributed by atoms with E-state index in [-0.39, 0.29) is 0 Å². The normalized spacial score (nSPS) is 10.4. The van der Waals surface area contributed by atoms with Gasteiger partial charge in [-0.3, -0.25) is 0 Å². The molecule has 0 saturated heterocycles. The van der Waals surface area contributed by atoms with Gasteiger partial charge in [-0.25, -0.2) is 0 Å². The van der Waals surface area contributed by atoms with E-state index >= 15 is 0 Å². The van der Waals surface area contributed by atoms with Crippen LogP contribution in [0.5, 0.6) is 0 Å². The molecule has 0 aliphatic heterocycles. The van der Waals surface area contributed by atoms with Crippen molar-refractivity contribution >= 4 is 40.6 Å². The van der Waals surface area contributed by atoms with Crippen molar-refractivity contribution in [2.45, 2.75) is 13.8 Å². The molecule has 0 spiro atoms. The van der Waals surface area contributed by atoms with Crippen molar-refractivity contribution in [1.29, 1.82) is 0 Å². The summed E-state index contributed by atoms with van der Waals surface area (Å²) >= 11 is 13.1. The second-order valence-electron chi connectivity index (χ2n) is 3.96. The second-order valence-corrected chi connectivity index (χ2v) is 6.06. The molecule has 0 unspecified atom stereocenters. The lowest BCUT2D eigenvalue weighted by atomic mass is 10.1. The Hall–Kier alpha value is -0.760. The smallest absolute Gasteiger partial charge is 0.108 e. The molecule has 2 aromatic rings. The number of aryl methyl sites for hydroxylation is 2. The molecule has 1 aromatic carbocycles. The van der Waals surface area contributed by atoms with Gasteiger partial charge in [-0.2, -0.15) is 0 Å². The maximum Gasteiger partial charge on any atom is 0.108 e. The highest BCUT2D eigenvalue weighted by molar-refractivity contribution is 7.16. The summed E-state index contributed by atoms with van der Waals surface area (Å²) in [6.07, 6.45) is 1.78. The Kier molecular flexibility index (Phi) is 3.93. The number of rotatable bonds is 2. The summed E-state index contributed by atoms with van der Waals surface area (Å²) in [5.74, 6) is 0. The lowest BCUT2D eigenvalue weighted by Crippen LogP contribution is -1.77. The van der Waals surface area contributed by atoms with Crippen LogP contribution in [-0.4, -0.2) is 0 Å². The van der Waals surface area contributed by atoms with Crippen molar-refractivity contribution in [3.63, 3.8) is 0 Å². The van der Waals surface area contributed by atoms with Crippen LogP contribution in [0.3, 0.4) is 0 Å². The first-order valence-electron chi connectivity index (χ1n) is 5.26. The number of halogens is 2. The van der Waals surface area contributed by atoms with Crippen LogP contribution in [0.1, 0.15) is 16.0 Å². The minimum atomic E-state index is 0.294. The Bertz CT molecular complexity index is 563. The highest BCUT2D eigenvalue weighted by Crippen LogP contribution is 2.34. The minimum absolute atomic E-state index is 0.294. The first kappa shape index (κ1) is 12.7. The topological polar surface area (TPSA) is 0 Å². The highest BCUT2D eigenvalue weighted by atomic mass is 35.5. The third kappa shape index (κ3) is 3.12. The molecule has 0 bridgehead atoms. The molecule has 0 nitrogen and oxygen atoms in total. The zero-order valence-electron chi connectivity index (χ0n) is 9.63. The van der Waals surface area contributed by atoms with Crippen molar-refractivity contribution < 1.29 is 0 Å². The van der Waals surface area contributed by atoms with Gasteiger partial charge < -0.3 is 0 Å².